The molecule has 9 nitrogen and oxygen atoms in total. The number of nitrogens with zero attached hydrogens (tertiary/aromatic N) is 3. The molecule has 9 heteroatoms. The number of hydrogen-bond acceptors (Lipinski definition) is 8. The van der Waals surface area contributed by atoms with E-state index < -0.39 is 0 Å². The van der Waals surface area contributed by atoms with Crippen LogP contribution in [0.5, 0.6) is 5.75 Å². The van der Waals surface area contributed by atoms with Crippen LogP contribution < -0.4 is 15.0 Å². The first-order chi connectivity index (χ1) is 17.6. The number of carbonyl (C=O) groups excluding carboxylic acids is 2. The molecule has 1 aliphatic rings. The molecule has 186 valence electrons. The van der Waals surface area contributed by atoms with Crippen molar-refractivity contribution < 1.29 is 23.5 Å². The number of hydrogen-bond donors (Lipinski definition) is 1. The minimum absolute atomic E-state index is 0.117. The highest BCUT2D eigenvalue weighted by atomic mass is 16.5. The lowest BCUT2D eigenvalue weighted by atomic mass is 10.1. The Hall–Kier alpha value is -4.11. The molecule has 0 saturated carbocycles. The Bertz CT molecular complexity index is 1390. The van der Waals surface area contributed by atoms with Gasteiger partial charge in [-0.05, 0) is 31.2 Å². The summed E-state index contributed by atoms with van der Waals surface area (Å²) in [7, 11) is 1.59. The van der Waals surface area contributed by atoms with E-state index in [4.69, 9.17) is 13.9 Å². The molecule has 1 amide bonds. The zero-order valence-corrected chi connectivity index (χ0v) is 20.3. The maximum absolute atomic E-state index is 12.9. The van der Waals surface area contributed by atoms with Crippen molar-refractivity contribution in [3.8, 4) is 5.75 Å². The van der Waals surface area contributed by atoms with Crippen LogP contribution in [0.1, 0.15) is 17.3 Å². The van der Waals surface area contributed by atoms with Crippen LogP contribution in [0.3, 0.4) is 0 Å². The Kier molecular flexibility index (Phi) is 6.73. The van der Waals surface area contributed by atoms with Gasteiger partial charge in [0.25, 0.3) is 0 Å². The van der Waals surface area contributed by atoms with Crippen molar-refractivity contribution in [3.63, 3.8) is 0 Å². The fraction of sp³-hybridized carbons (Fsp3) is 0.296. The first kappa shape index (κ1) is 23.6. The second-order valence-electron chi connectivity index (χ2n) is 8.58. The fourth-order valence-electron chi connectivity index (χ4n) is 4.45. The second-order valence-corrected chi connectivity index (χ2v) is 8.58. The van der Waals surface area contributed by atoms with Gasteiger partial charge in [0, 0.05) is 49.2 Å². The van der Waals surface area contributed by atoms with Crippen molar-refractivity contribution in [2.75, 3.05) is 56.7 Å². The van der Waals surface area contributed by atoms with Crippen molar-refractivity contribution in [1.82, 2.24) is 9.88 Å². The maximum Gasteiger partial charge on any atom is 0.339 e. The third-order valence-electron chi connectivity index (χ3n) is 6.30. The van der Waals surface area contributed by atoms with Gasteiger partial charge in [0.05, 0.1) is 31.5 Å². The highest BCUT2D eigenvalue weighted by molar-refractivity contribution is 6.07. The molecule has 0 aliphatic carbocycles. The van der Waals surface area contributed by atoms with Gasteiger partial charge in [-0.3, -0.25) is 9.69 Å². The van der Waals surface area contributed by atoms with Gasteiger partial charge >= 0.3 is 5.97 Å². The number of pyridine rings is 1. The fourth-order valence-corrected chi connectivity index (χ4v) is 4.45. The van der Waals surface area contributed by atoms with E-state index >= 15 is 0 Å². The van der Waals surface area contributed by atoms with E-state index in [1.165, 1.54) is 0 Å². The van der Waals surface area contributed by atoms with Crippen LogP contribution in [0.15, 0.2) is 59.1 Å². The number of piperazine rings is 1. The second kappa shape index (κ2) is 10.2. The average molecular weight is 489 g/mol. The van der Waals surface area contributed by atoms with Crippen LogP contribution >= 0.6 is 0 Å². The third-order valence-corrected chi connectivity index (χ3v) is 6.30. The molecule has 0 spiro atoms. The molecule has 1 aliphatic heterocycles. The van der Waals surface area contributed by atoms with Crippen molar-refractivity contribution in [3.05, 3.63) is 60.3 Å². The van der Waals surface area contributed by atoms with Gasteiger partial charge in [-0.1, -0.05) is 18.2 Å². The number of amides is 1. The van der Waals surface area contributed by atoms with E-state index in [1.54, 1.807) is 26.3 Å². The van der Waals surface area contributed by atoms with Crippen molar-refractivity contribution in [2.45, 2.75) is 6.92 Å². The number of nitrogens with one attached hydrogen (secondary N) is 1. The number of carbonyl (C=O) groups is 2. The Labute approximate surface area is 208 Å². The Morgan fingerprint density at radius 2 is 1.83 bits per heavy atom. The van der Waals surface area contributed by atoms with Crippen LogP contribution in [0.4, 0.5) is 11.5 Å². The van der Waals surface area contributed by atoms with E-state index in [9.17, 15) is 9.59 Å². The molecule has 4 aromatic rings. The van der Waals surface area contributed by atoms with E-state index in [0.717, 1.165) is 35.3 Å². The minimum atomic E-state index is -0.372. The molecular weight excluding hydrogens is 460 g/mol. The molecule has 1 N–H and O–H groups in total. The zero-order valence-electron chi connectivity index (χ0n) is 20.3. The number of aromatic nitrogens is 1. The van der Waals surface area contributed by atoms with Crippen molar-refractivity contribution in [2.24, 2.45) is 0 Å². The number of rotatable bonds is 7. The predicted molar refractivity (Wildman–Crippen MR) is 138 cm³/mol. The number of fused-ring (bicyclic) bond motifs is 3. The summed E-state index contributed by atoms with van der Waals surface area (Å²) in [5.74, 6) is 0.901. The monoisotopic (exact) mass is 488 g/mol. The molecular formula is C27H28N4O5. The molecule has 0 bridgehead atoms. The quantitative estimate of drug-likeness (QED) is 0.391. The van der Waals surface area contributed by atoms with Crippen LogP contribution in [0, 0.1) is 0 Å². The molecule has 0 atom stereocenters. The summed E-state index contributed by atoms with van der Waals surface area (Å²) < 4.78 is 16.5. The van der Waals surface area contributed by atoms with Gasteiger partial charge in [0.1, 0.15) is 22.7 Å². The molecule has 2 aromatic heterocycles. The number of benzene rings is 2. The summed E-state index contributed by atoms with van der Waals surface area (Å²) in [5.41, 5.74) is 2.51. The SMILES string of the molecule is CCOC(=O)c1ccc(N2CCN(CC(=O)Nc3cc4oc5ccccc5c4cc3OC)CC2)nc1. The van der Waals surface area contributed by atoms with Crippen molar-refractivity contribution in [1.29, 1.82) is 0 Å². The molecule has 0 radical (unpaired) electrons. The molecule has 1 fully saturated rings. The molecule has 1 saturated heterocycles. The first-order valence-electron chi connectivity index (χ1n) is 12.0. The summed E-state index contributed by atoms with van der Waals surface area (Å²) in [6, 6.07) is 15.1. The van der Waals surface area contributed by atoms with Gasteiger partial charge in [0.15, 0.2) is 0 Å². The summed E-state index contributed by atoms with van der Waals surface area (Å²) in [6.07, 6.45) is 1.54. The topological polar surface area (TPSA) is 97.1 Å². The minimum Gasteiger partial charge on any atom is -0.495 e. The summed E-state index contributed by atoms with van der Waals surface area (Å²) in [5, 5.41) is 4.93. The number of anilines is 2. The van der Waals surface area contributed by atoms with Gasteiger partial charge < -0.3 is 24.1 Å². The number of para-hydroxylation sites is 1. The Balaban J connectivity index is 1.19. The third kappa shape index (κ3) is 4.83. The standard InChI is InChI=1S/C27H28N4O5/c1-3-35-27(33)18-8-9-25(28-16-18)31-12-10-30(11-13-31)17-26(32)29-21-15-23-20(14-24(21)34-2)19-6-4-5-7-22(19)36-23/h4-9,14-16H,3,10-13,17H2,1-2H3,(H,29,32). The highest BCUT2D eigenvalue weighted by Crippen LogP contribution is 2.36. The zero-order chi connectivity index (χ0) is 25.1. The number of methoxy groups -OCH3 is 1. The summed E-state index contributed by atoms with van der Waals surface area (Å²) in [6.45, 7) is 5.26. The van der Waals surface area contributed by atoms with Gasteiger partial charge in [-0.25, -0.2) is 9.78 Å². The van der Waals surface area contributed by atoms with Crippen molar-refractivity contribution >= 4 is 45.3 Å². The largest absolute Gasteiger partial charge is 0.495 e. The van der Waals surface area contributed by atoms with Crippen LogP contribution in [0.2, 0.25) is 0 Å². The number of furan rings is 1. The lowest BCUT2D eigenvalue weighted by Crippen LogP contribution is -2.48. The molecule has 5 rings (SSSR count). The molecule has 0 unspecified atom stereocenters. The highest BCUT2D eigenvalue weighted by Gasteiger charge is 2.21. The van der Waals surface area contributed by atoms with Gasteiger partial charge in [0.2, 0.25) is 5.91 Å². The number of esters is 1. The predicted octanol–water partition coefficient (Wildman–Crippen LogP) is 3.93. The molecule has 36 heavy (non-hydrogen) atoms. The Morgan fingerprint density at radius 1 is 1.03 bits per heavy atom. The van der Waals surface area contributed by atoms with Crippen LogP contribution in [-0.2, 0) is 9.53 Å². The normalized spacial score (nSPS) is 14.2. The summed E-state index contributed by atoms with van der Waals surface area (Å²) in [4.78, 5) is 33.3. The molecule has 2 aromatic carbocycles. The smallest absolute Gasteiger partial charge is 0.339 e. The van der Waals surface area contributed by atoms with Gasteiger partial charge in [-0.2, -0.15) is 0 Å². The number of ether oxygens (including phenoxy) is 2. The summed E-state index contributed by atoms with van der Waals surface area (Å²) >= 11 is 0. The van der Waals surface area contributed by atoms with E-state index in [2.05, 4.69) is 20.1 Å². The first-order valence-corrected chi connectivity index (χ1v) is 12.0. The maximum atomic E-state index is 12.9. The Morgan fingerprint density at radius 3 is 2.56 bits per heavy atom. The average Bonchev–Trinajstić information content (AvgIpc) is 3.26. The van der Waals surface area contributed by atoms with Crippen LogP contribution in [-0.4, -0.2) is 68.2 Å². The lowest BCUT2D eigenvalue weighted by molar-refractivity contribution is -0.117. The van der Waals surface area contributed by atoms with E-state index in [-0.39, 0.29) is 18.4 Å². The van der Waals surface area contributed by atoms with E-state index in [1.807, 2.05) is 42.5 Å². The van der Waals surface area contributed by atoms with E-state index in [0.29, 0.717) is 42.3 Å². The lowest BCUT2D eigenvalue weighted by Gasteiger charge is -2.35. The van der Waals surface area contributed by atoms with Gasteiger partial charge in [-0.15, -0.1) is 0 Å². The molecule has 3 heterocycles. The van der Waals surface area contributed by atoms with Crippen LogP contribution in [0.25, 0.3) is 21.9 Å².